The van der Waals surface area contributed by atoms with Crippen LogP contribution in [0, 0.1) is 18.6 Å². The maximum absolute atomic E-state index is 15.2. The van der Waals surface area contributed by atoms with Gasteiger partial charge in [-0.3, -0.25) is 28.5 Å². The summed E-state index contributed by atoms with van der Waals surface area (Å²) in [5, 5.41) is 14.4. The third kappa shape index (κ3) is 7.34. The van der Waals surface area contributed by atoms with E-state index in [1.165, 1.54) is 47.0 Å². The molecule has 3 aromatic heterocycles. The molecule has 6 rings (SSSR count). The zero-order chi connectivity index (χ0) is 33.2. The minimum Gasteiger partial charge on any atom is -0.454 e. The van der Waals surface area contributed by atoms with E-state index in [4.69, 9.17) is 9.29 Å². The van der Waals surface area contributed by atoms with Gasteiger partial charge in [0.05, 0.1) is 24.2 Å². The van der Waals surface area contributed by atoms with Crippen LogP contribution in [-0.2, 0) is 17.2 Å². The van der Waals surface area contributed by atoms with Crippen LogP contribution in [0.3, 0.4) is 0 Å². The summed E-state index contributed by atoms with van der Waals surface area (Å²) >= 11 is 0. The Morgan fingerprint density at radius 3 is 2.39 bits per heavy atom. The fourth-order valence-corrected chi connectivity index (χ4v) is 4.54. The van der Waals surface area contributed by atoms with Crippen molar-refractivity contribution in [1.82, 2.24) is 24.5 Å². The summed E-state index contributed by atoms with van der Waals surface area (Å²) in [5.74, 6) is -1.56. The molecule has 0 saturated carbocycles. The summed E-state index contributed by atoms with van der Waals surface area (Å²) in [7, 11) is -1.84. The number of amides is 1. The molecule has 0 atom stereocenters. The van der Waals surface area contributed by atoms with E-state index in [0.717, 1.165) is 22.5 Å². The summed E-state index contributed by atoms with van der Waals surface area (Å²) in [6, 6.07) is 14.4. The van der Waals surface area contributed by atoms with Crippen LogP contribution in [0.15, 0.2) is 90.2 Å². The lowest BCUT2D eigenvalue weighted by Crippen LogP contribution is -2.28. The zero-order valence-electron chi connectivity index (χ0n) is 24.5. The van der Waals surface area contributed by atoms with Crippen LogP contribution in [0.25, 0.3) is 27.7 Å². The first kappa shape index (κ1) is 31.7. The SMILES string of the molecule is CS(=O)(=O)O.Cc1cc(C(=O)Nc2ccc(Oc3cc4cnn(C)c4cc3-c3cn[nH]c3)c(F)c2)c(=O)n(-c2ccc(F)cc2)c1. The molecule has 0 radical (unpaired) electrons. The molecule has 236 valence electrons. The number of fused-ring (bicyclic) bond motifs is 1. The third-order valence-corrected chi connectivity index (χ3v) is 6.57. The van der Waals surface area contributed by atoms with Crippen LogP contribution < -0.4 is 15.6 Å². The molecule has 3 heterocycles. The van der Waals surface area contributed by atoms with Crippen molar-refractivity contribution in [1.29, 1.82) is 0 Å². The van der Waals surface area contributed by atoms with Crippen molar-refractivity contribution < 1.29 is 31.3 Å². The Morgan fingerprint density at radius 2 is 1.74 bits per heavy atom. The van der Waals surface area contributed by atoms with Gasteiger partial charge in [0.25, 0.3) is 21.6 Å². The molecule has 46 heavy (non-hydrogen) atoms. The Hall–Kier alpha value is -5.67. The largest absolute Gasteiger partial charge is 0.454 e. The topological polar surface area (TPSA) is 161 Å². The number of benzene rings is 3. The highest BCUT2D eigenvalue weighted by atomic mass is 32.2. The first-order valence-corrected chi connectivity index (χ1v) is 15.3. The van der Waals surface area contributed by atoms with E-state index < -0.39 is 33.2 Å². The number of anilines is 1. The second-order valence-electron chi connectivity index (χ2n) is 10.2. The van der Waals surface area contributed by atoms with Gasteiger partial charge in [-0.25, -0.2) is 8.78 Å². The summed E-state index contributed by atoms with van der Waals surface area (Å²) in [6.07, 6.45) is 7.29. The summed E-state index contributed by atoms with van der Waals surface area (Å²) in [5.41, 5.74) is 2.71. The van der Waals surface area contributed by atoms with Crippen molar-refractivity contribution >= 4 is 32.6 Å². The number of carbonyl (C=O) groups excluding carboxylic acids is 1. The zero-order valence-corrected chi connectivity index (χ0v) is 25.3. The van der Waals surface area contributed by atoms with Crippen molar-refractivity contribution in [3.05, 3.63) is 119 Å². The lowest BCUT2D eigenvalue weighted by atomic mass is 10.1. The van der Waals surface area contributed by atoms with Gasteiger partial charge in [0.15, 0.2) is 11.6 Å². The Morgan fingerprint density at radius 1 is 1.02 bits per heavy atom. The van der Waals surface area contributed by atoms with E-state index in [-0.39, 0.29) is 17.0 Å². The van der Waals surface area contributed by atoms with Crippen molar-refractivity contribution in [3.63, 3.8) is 0 Å². The average Bonchev–Trinajstić information content (AvgIpc) is 3.65. The van der Waals surface area contributed by atoms with Gasteiger partial charge >= 0.3 is 0 Å². The monoisotopic (exact) mass is 648 g/mol. The Balaban J connectivity index is 0.000000775. The van der Waals surface area contributed by atoms with Crippen molar-refractivity contribution in [2.24, 2.45) is 7.05 Å². The third-order valence-electron chi connectivity index (χ3n) is 6.57. The Bertz CT molecular complexity index is 2220. The van der Waals surface area contributed by atoms with Crippen LogP contribution in [0.1, 0.15) is 15.9 Å². The molecule has 0 saturated heterocycles. The number of nitrogens with one attached hydrogen (secondary N) is 2. The predicted octanol–water partition coefficient (Wildman–Crippen LogP) is 5.25. The number of halogens is 2. The molecule has 3 N–H and O–H groups in total. The first-order chi connectivity index (χ1) is 21.8. The minimum absolute atomic E-state index is 0.0646. The highest BCUT2D eigenvalue weighted by Crippen LogP contribution is 2.37. The van der Waals surface area contributed by atoms with Crippen LogP contribution in [0.5, 0.6) is 11.5 Å². The fraction of sp³-hybridized carbons (Fsp3) is 0.0968. The maximum atomic E-state index is 15.2. The maximum Gasteiger partial charge on any atom is 0.267 e. The Kier molecular flexibility index (Phi) is 8.80. The lowest BCUT2D eigenvalue weighted by molar-refractivity contribution is 0.102. The average molecular weight is 649 g/mol. The van der Waals surface area contributed by atoms with Gasteiger partial charge < -0.3 is 10.1 Å². The molecular weight excluding hydrogens is 622 g/mol. The van der Waals surface area contributed by atoms with E-state index in [0.29, 0.717) is 28.8 Å². The lowest BCUT2D eigenvalue weighted by Gasteiger charge is -2.13. The number of nitrogens with zero attached hydrogens (tertiary/aromatic N) is 4. The molecule has 0 spiro atoms. The summed E-state index contributed by atoms with van der Waals surface area (Å²) in [4.78, 5) is 26.1. The number of hydrogen-bond acceptors (Lipinski definition) is 7. The number of rotatable bonds is 6. The van der Waals surface area contributed by atoms with Crippen molar-refractivity contribution in [3.8, 4) is 28.3 Å². The number of H-pyrrole nitrogens is 1. The van der Waals surface area contributed by atoms with Gasteiger partial charge in [-0.1, -0.05) is 0 Å². The standard InChI is InChI=1S/C30H22F2N6O3.CH4O3S/c1-17-9-24(30(40)38(16-17)22-6-3-20(31)4-7-22)29(39)36-21-5-8-27(25(32)11-21)41-28-10-18-15-35-37(2)26(18)12-23(28)19-13-33-34-14-19;1-5(2,3)4/h3-16H,1-2H3,(H,33,34)(H,36,39);1H3,(H,2,3,4). The molecule has 12 nitrogen and oxygen atoms in total. The normalized spacial score (nSPS) is 11.2. The number of aromatic nitrogens is 5. The number of ether oxygens (including phenoxy) is 1. The number of aromatic amines is 1. The molecule has 1 amide bonds. The quantitative estimate of drug-likeness (QED) is 0.207. The highest BCUT2D eigenvalue weighted by Gasteiger charge is 2.18. The molecule has 3 aromatic carbocycles. The highest BCUT2D eigenvalue weighted by molar-refractivity contribution is 7.85. The predicted molar refractivity (Wildman–Crippen MR) is 167 cm³/mol. The van der Waals surface area contributed by atoms with Crippen molar-refractivity contribution in [2.45, 2.75) is 6.92 Å². The number of carbonyl (C=O) groups is 1. The molecule has 6 aromatic rings. The van der Waals surface area contributed by atoms with Crippen molar-refractivity contribution in [2.75, 3.05) is 11.6 Å². The smallest absolute Gasteiger partial charge is 0.267 e. The minimum atomic E-state index is -3.67. The molecule has 0 aliphatic carbocycles. The van der Waals surface area contributed by atoms with E-state index >= 15 is 4.39 Å². The number of aryl methyl sites for hydroxylation is 2. The molecule has 0 bridgehead atoms. The first-order valence-electron chi connectivity index (χ1n) is 13.4. The molecule has 0 unspecified atom stereocenters. The van der Waals surface area contributed by atoms with Gasteiger partial charge in [-0.2, -0.15) is 18.6 Å². The van der Waals surface area contributed by atoms with Crippen LogP contribution >= 0.6 is 0 Å². The van der Waals surface area contributed by atoms with E-state index in [9.17, 15) is 22.4 Å². The molecule has 0 fully saturated rings. The Labute approximate surface area is 260 Å². The van der Waals surface area contributed by atoms with Crippen LogP contribution in [-0.4, -0.2) is 49.7 Å². The van der Waals surface area contributed by atoms with Gasteiger partial charge in [0.2, 0.25) is 0 Å². The van der Waals surface area contributed by atoms with Crippen LogP contribution in [0.4, 0.5) is 14.5 Å². The van der Waals surface area contributed by atoms with Crippen LogP contribution in [0.2, 0.25) is 0 Å². The number of hydrogen-bond donors (Lipinski definition) is 3. The number of pyridine rings is 1. The fourth-order valence-electron chi connectivity index (χ4n) is 4.54. The molecular formula is C31H26F2N6O6S. The van der Waals surface area contributed by atoms with Gasteiger partial charge in [-0.15, -0.1) is 0 Å². The second kappa shape index (κ2) is 12.7. The van der Waals surface area contributed by atoms with Gasteiger partial charge in [0.1, 0.15) is 17.1 Å². The summed E-state index contributed by atoms with van der Waals surface area (Å²) < 4.78 is 63.4. The van der Waals surface area contributed by atoms with E-state index in [1.807, 2.05) is 13.1 Å². The van der Waals surface area contributed by atoms with Gasteiger partial charge in [0, 0.05) is 53.4 Å². The summed E-state index contributed by atoms with van der Waals surface area (Å²) in [6.45, 7) is 1.72. The van der Waals surface area contributed by atoms with E-state index in [1.54, 1.807) is 42.5 Å². The van der Waals surface area contributed by atoms with Gasteiger partial charge in [-0.05, 0) is 67.1 Å². The molecule has 15 heteroatoms. The second-order valence-corrected chi connectivity index (χ2v) is 11.6. The molecule has 0 aliphatic rings. The van der Waals surface area contributed by atoms with E-state index in [2.05, 4.69) is 20.6 Å². The molecule has 0 aliphatic heterocycles.